The molecule has 2 aromatic heterocycles. The predicted molar refractivity (Wildman–Crippen MR) is 152 cm³/mol. The summed E-state index contributed by atoms with van der Waals surface area (Å²) in [6.07, 6.45) is 1.50. The van der Waals surface area contributed by atoms with E-state index in [2.05, 4.69) is 25.6 Å². The number of rotatable bonds is 8. The van der Waals surface area contributed by atoms with Gasteiger partial charge in [0.15, 0.2) is 11.1 Å². The number of alkyl halides is 3. The molecule has 1 saturated heterocycles. The van der Waals surface area contributed by atoms with Crippen molar-refractivity contribution in [2.75, 3.05) is 23.1 Å². The Balaban J connectivity index is 1.53. The molecule has 42 heavy (non-hydrogen) atoms. The van der Waals surface area contributed by atoms with Crippen molar-refractivity contribution in [2.45, 2.75) is 44.2 Å². The first-order valence-electron chi connectivity index (χ1n) is 13.2. The highest BCUT2D eigenvalue weighted by atomic mass is 32.2. The van der Waals surface area contributed by atoms with Gasteiger partial charge in [-0.1, -0.05) is 24.3 Å². The van der Waals surface area contributed by atoms with E-state index >= 15 is 4.39 Å². The number of nitrogens with one attached hydrogen (secondary N) is 3. The van der Waals surface area contributed by atoms with Crippen LogP contribution in [-0.2, 0) is 10.0 Å². The molecule has 0 saturated carbocycles. The molecule has 0 aliphatic carbocycles. The number of halogens is 4. The van der Waals surface area contributed by atoms with Crippen molar-refractivity contribution in [1.29, 1.82) is 0 Å². The Morgan fingerprint density at radius 1 is 1.07 bits per heavy atom. The van der Waals surface area contributed by atoms with E-state index in [9.17, 15) is 21.6 Å². The van der Waals surface area contributed by atoms with E-state index in [1.807, 2.05) is 4.72 Å². The van der Waals surface area contributed by atoms with Gasteiger partial charge in [-0.15, -0.1) is 0 Å². The standard InChI is InChI=1S/C28H28F4N6O3S/c1-16-23(29)25(38-42(39,40)17(2)28(30,31)32)20-7-3-4-8-21(20)26(16)41-27-24(35-12-13-36-27)18-9-11-34-22(14-18)37-19-6-5-10-33-15-19/h3-4,7-9,11-14,17,19,33,38H,5-6,10,15H2,1-2H3,(H,34,37)/t17?,19-/m0/s1. The summed E-state index contributed by atoms with van der Waals surface area (Å²) >= 11 is 0. The summed E-state index contributed by atoms with van der Waals surface area (Å²) in [5.41, 5.74) is 0.238. The Morgan fingerprint density at radius 2 is 1.81 bits per heavy atom. The van der Waals surface area contributed by atoms with Gasteiger partial charge < -0.3 is 15.4 Å². The molecule has 9 nitrogen and oxygen atoms in total. The maximum atomic E-state index is 15.7. The molecule has 222 valence electrons. The molecule has 3 heterocycles. The van der Waals surface area contributed by atoms with Crippen molar-refractivity contribution in [1.82, 2.24) is 20.3 Å². The molecule has 5 rings (SSSR count). The molecule has 0 spiro atoms. The summed E-state index contributed by atoms with van der Waals surface area (Å²) in [7, 11) is -5.03. The van der Waals surface area contributed by atoms with Gasteiger partial charge in [-0.3, -0.25) is 4.72 Å². The van der Waals surface area contributed by atoms with E-state index in [0.717, 1.165) is 25.9 Å². The van der Waals surface area contributed by atoms with E-state index in [0.29, 0.717) is 24.0 Å². The number of pyridine rings is 1. The molecule has 1 aliphatic rings. The largest absolute Gasteiger partial charge is 0.436 e. The first-order chi connectivity index (χ1) is 20.0. The van der Waals surface area contributed by atoms with Gasteiger partial charge in [0.1, 0.15) is 17.3 Å². The van der Waals surface area contributed by atoms with E-state index < -0.39 is 33.0 Å². The average molecular weight is 605 g/mol. The predicted octanol–water partition coefficient (Wildman–Crippen LogP) is 5.79. The van der Waals surface area contributed by atoms with Crippen LogP contribution in [-0.4, -0.2) is 53.9 Å². The highest BCUT2D eigenvalue weighted by molar-refractivity contribution is 7.93. The quantitative estimate of drug-likeness (QED) is 0.217. The smallest absolute Gasteiger partial charge is 0.407 e. The number of hydrogen-bond donors (Lipinski definition) is 3. The van der Waals surface area contributed by atoms with Gasteiger partial charge in [0.05, 0.1) is 5.69 Å². The van der Waals surface area contributed by atoms with Crippen LogP contribution in [0, 0.1) is 12.7 Å². The van der Waals surface area contributed by atoms with Crippen LogP contribution < -0.4 is 20.1 Å². The highest BCUT2D eigenvalue weighted by Gasteiger charge is 2.45. The summed E-state index contributed by atoms with van der Waals surface area (Å²) in [6.45, 7) is 3.62. The van der Waals surface area contributed by atoms with E-state index in [-0.39, 0.29) is 34.0 Å². The van der Waals surface area contributed by atoms with Crippen LogP contribution >= 0.6 is 0 Å². The normalized spacial score (nSPS) is 16.7. The van der Waals surface area contributed by atoms with Crippen LogP contribution in [0.2, 0.25) is 0 Å². The zero-order valence-electron chi connectivity index (χ0n) is 22.7. The summed E-state index contributed by atoms with van der Waals surface area (Å²) in [4.78, 5) is 13.1. The first kappa shape index (κ1) is 29.5. The maximum absolute atomic E-state index is 15.7. The lowest BCUT2D eigenvalue weighted by Gasteiger charge is -2.24. The second kappa shape index (κ2) is 11.7. The third-order valence-electron chi connectivity index (χ3n) is 7.05. The van der Waals surface area contributed by atoms with Crippen LogP contribution in [0.25, 0.3) is 22.0 Å². The third kappa shape index (κ3) is 6.09. The van der Waals surface area contributed by atoms with Crippen molar-refractivity contribution < 1.29 is 30.7 Å². The van der Waals surface area contributed by atoms with Gasteiger partial charge in [-0.05, 0) is 45.4 Å². The Labute approximate surface area is 239 Å². The lowest BCUT2D eigenvalue weighted by molar-refractivity contribution is -0.126. The van der Waals surface area contributed by atoms with Gasteiger partial charge in [0.2, 0.25) is 15.9 Å². The van der Waals surface area contributed by atoms with E-state index in [1.54, 1.807) is 30.5 Å². The number of fused-ring (bicyclic) bond motifs is 1. The zero-order valence-corrected chi connectivity index (χ0v) is 23.5. The highest BCUT2D eigenvalue weighted by Crippen LogP contribution is 2.42. The second-order valence-corrected chi connectivity index (χ2v) is 12.0. The SMILES string of the molecule is Cc1c(F)c(NS(=O)(=O)C(C)C(F)(F)F)c2ccccc2c1Oc1nccnc1-c1ccnc(N[C@H]2CCCNC2)c1. The minimum atomic E-state index is -5.05. The van der Waals surface area contributed by atoms with Crippen molar-refractivity contribution in [2.24, 2.45) is 0 Å². The van der Waals surface area contributed by atoms with Crippen molar-refractivity contribution >= 4 is 32.3 Å². The molecule has 0 amide bonds. The van der Waals surface area contributed by atoms with Gasteiger partial charge in [0.25, 0.3) is 0 Å². The lowest BCUT2D eigenvalue weighted by atomic mass is 10.0. The van der Waals surface area contributed by atoms with Gasteiger partial charge in [-0.25, -0.2) is 27.8 Å². The molecular weight excluding hydrogens is 576 g/mol. The maximum Gasteiger partial charge on any atom is 0.407 e. The van der Waals surface area contributed by atoms with Crippen LogP contribution in [0.3, 0.4) is 0 Å². The minimum absolute atomic E-state index is 0.00970. The summed E-state index contributed by atoms with van der Waals surface area (Å²) in [6, 6.07) is 9.80. The number of piperidine rings is 1. The van der Waals surface area contributed by atoms with Crippen LogP contribution in [0.5, 0.6) is 11.6 Å². The summed E-state index contributed by atoms with van der Waals surface area (Å²) in [5.74, 6) is -0.392. The Bertz CT molecular complexity index is 1710. The number of anilines is 2. The number of benzene rings is 2. The van der Waals surface area contributed by atoms with Crippen molar-refractivity contribution in [3.8, 4) is 22.9 Å². The topological polar surface area (TPSA) is 118 Å². The Hall–Kier alpha value is -4.04. The molecule has 3 N–H and O–H groups in total. The minimum Gasteiger partial charge on any atom is -0.436 e. The lowest BCUT2D eigenvalue weighted by Crippen LogP contribution is -2.38. The first-order valence-corrected chi connectivity index (χ1v) is 14.7. The fourth-order valence-electron chi connectivity index (χ4n) is 4.68. The molecule has 14 heteroatoms. The number of aromatic nitrogens is 3. The Morgan fingerprint density at radius 3 is 2.52 bits per heavy atom. The van der Waals surface area contributed by atoms with Crippen LogP contribution in [0.15, 0.2) is 55.0 Å². The fourth-order valence-corrected chi connectivity index (χ4v) is 5.69. The molecule has 1 fully saturated rings. The number of sulfonamides is 1. The molecular formula is C28H28F4N6O3S. The monoisotopic (exact) mass is 604 g/mol. The molecule has 0 radical (unpaired) electrons. The molecule has 1 unspecified atom stereocenters. The second-order valence-electron chi connectivity index (χ2n) is 9.95. The Kier molecular flexibility index (Phi) is 8.19. The number of ether oxygens (including phenoxy) is 1. The molecule has 2 aromatic carbocycles. The molecule has 2 atom stereocenters. The number of nitrogens with zero attached hydrogens (tertiary/aromatic N) is 3. The van der Waals surface area contributed by atoms with Crippen molar-refractivity contribution in [3.05, 3.63) is 66.4 Å². The third-order valence-corrected chi connectivity index (χ3v) is 8.73. The molecule has 0 bridgehead atoms. The van der Waals surface area contributed by atoms with Gasteiger partial charge in [-0.2, -0.15) is 13.2 Å². The zero-order chi connectivity index (χ0) is 30.1. The van der Waals surface area contributed by atoms with Crippen molar-refractivity contribution in [3.63, 3.8) is 0 Å². The van der Waals surface area contributed by atoms with Gasteiger partial charge >= 0.3 is 6.18 Å². The van der Waals surface area contributed by atoms with Crippen LogP contribution in [0.4, 0.5) is 29.1 Å². The summed E-state index contributed by atoms with van der Waals surface area (Å²) in [5, 5.41) is 4.24. The van der Waals surface area contributed by atoms with Gasteiger partial charge in [0, 0.05) is 53.1 Å². The fraction of sp³-hybridized carbons (Fsp3) is 0.321. The molecule has 4 aromatic rings. The van der Waals surface area contributed by atoms with E-state index in [4.69, 9.17) is 4.74 Å². The molecule has 1 aliphatic heterocycles. The average Bonchev–Trinajstić information content (AvgIpc) is 2.97. The van der Waals surface area contributed by atoms with Crippen LogP contribution in [0.1, 0.15) is 25.3 Å². The summed E-state index contributed by atoms with van der Waals surface area (Å²) < 4.78 is 88.4. The number of hydrogen-bond acceptors (Lipinski definition) is 8. The van der Waals surface area contributed by atoms with E-state index in [1.165, 1.54) is 31.5 Å².